The molecule has 0 aliphatic carbocycles. The van der Waals surface area contributed by atoms with Gasteiger partial charge >= 0.3 is 24.3 Å². The number of carbonyl (C=O) groups excluding carboxylic acids is 2. The normalized spacial score (nSPS) is 13.0. The SMILES string of the molecule is CCCCCCCCCCCCCCCCOC[C@H](COC(=O)C(F)(F)F)OC(=O)C(F)(F)F. The van der Waals surface area contributed by atoms with Crippen molar-refractivity contribution in [1.29, 1.82) is 0 Å². The van der Waals surface area contributed by atoms with Crippen molar-refractivity contribution >= 4 is 11.9 Å². The highest BCUT2D eigenvalue weighted by atomic mass is 19.4. The average molecular weight is 509 g/mol. The van der Waals surface area contributed by atoms with Gasteiger partial charge in [-0.25, -0.2) is 9.59 Å². The molecule has 0 spiro atoms. The molecule has 0 aliphatic rings. The number of rotatable bonds is 20. The minimum Gasteiger partial charge on any atom is -0.455 e. The quantitative estimate of drug-likeness (QED) is 0.100. The van der Waals surface area contributed by atoms with Crippen molar-refractivity contribution in [3.05, 3.63) is 0 Å². The highest BCUT2D eigenvalue weighted by Gasteiger charge is 2.44. The van der Waals surface area contributed by atoms with Crippen molar-refractivity contribution < 1.29 is 50.1 Å². The van der Waals surface area contributed by atoms with Gasteiger partial charge in [-0.15, -0.1) is 0 Å². The van der Waals surface area contributed by atoms with Gasteiger partial charge in [-0.1, -0.05) is 90.4 Å². The van der Waals surface area contributed by atoms with Gasteiger partial charge in [0.2, 0.25) is 0 Å². The number of alkyl halides is 6. The number of carbonyl (C=O) groups is 2. The zero-order chi connectivity index (χ0) is 25.9. The van der Waals surface area contributed by atoms with Crippen molar-refractivity contribution in [2.75, 3.05) is 19.8 Å². The van der Waals surface area contributed by atoms with Gasteiger partial charge in [0.05, 0.1) is 6.61 Å². The van der Waals surface area contributed by atoms with Crippen molar-refractivity contribution in [2.45, 2.75) is 115 Å². The highest BCUT2D eigenvalue weighted by molar-refractivity contribution is 5.76. The molecular weight excluding hydrogens is 470 g/mol. The number of hydrogen-bond acceptors (Lipinski definition) is 5. The fourth-order valence-corrected chi connectivity index (χ4v) is 3.20. The maximum Gasteiger partial charge on any atom is 0.490 e. The molecule has 0 rings (SSSR count). The molecule has 0 saturated carbocycles. The molecule has 0 aromatic rings. The summed E-state index contributed by atoms with van der Waals surface area (Å²) in [6.45, 7) is 0.519. The third-order valence-electron chi connectivity index (χ3n) is 5.08. The van der Waals surface area contributed by atoms with E-state index in [0.717, 1.165) is 25.7 Å². The van der Waals surface area contributed by atoms with Crippen LogP contribution in [0, 0.1) is 0 Å². The highest BCUT2D eigenvalue weighted by Crippen LogP contribution is 2.20. The Bertz CT molecular complexity index is 537. The summed E-state index contributed by atoms with van der Waals surface area (Å²) in [5, 5.41) is 0. The molecule has 0 aromatic heterocycles. The molecule has 0 fully saturated rings. The van der Waals surface area contributed by atoms with E-state index in [2.05, 4.69) is 16.4 Å². The Balaban J connectivity index is 3.89. The van der Waals surface area contributed by atoms with Crippen LogP contribution >= 0.6 is 0 Å². The van der Waals surface area contributed by atoms with Crippen LogP contribution in [0.25, 0.3) is 0 Å². The van der Waals surface area contributed by atoms with Crippen molar-refractivity contribution in [3.8, 4) is 0 Å². The lowest BCUT2D eigenvalue weighted by Crippen LogP contribution is -2.37. The summed E-state index contributed by atoms with van der Waals surface area (Å²) in [6, 6.07) is 0. The molecule has 11 heteroatoms. The van der Waals surface area contributed by atoms with E-state index in [-0.39, 0.29) is 6.61 Å². The monoisotopic (exact) mass is 508 g/mol. The predicted octanol–water partition coefficient (Wildman–Crippen LogP) is 7.06. The summed E-state index contributed by atoms with van der Waals surface area (Å²) >= 11 is 0. The summed E-state index contributed by atoms with van der Waals surface area (Å²) < 4.78 is 86.5. The van der Waals surface area contributed by atoms with Gasteiger partial charge in [0.1, 0.15) is 6.61 Å². The van der Waals surface area contributed by atoms with Gasteiger partial charge in [-0.05, 0) is 6.42 Å². The van der Waals surface area contributed by atoms with E-state index >= 15 is 0 Å². The molecule has 202 valence electrons. The third kappa shape index (κ3) is 18.9. The van der Waals surface area contributed by atoms with Crippen LogP contribution in [0.15, 0.2) is 0 Å². The molecule has 34 heavy (non-hydrogen) atoms. The molecule has 0 heterocycles. The Morgan fingerprint density at radius 1 is 0.618 bits per heavy atom. The molecule has 0 amide bonds. The third-order valence-corrected chi connectivity index (χ3v) is 5.08. The minimum atomic E-state index is -5.33. The first-order chi connectivity index (χ1) is 16.0. The fraction of sp³-hybridized carbons (Fsp3) is 0.913. The van der Waals surface area contributed by atoms with Crippen LogP contribution in [-0.4, -0.2) is 50.2 Å². The standard InChI is InChI=1S/C23H38F6O5/c1-2-3-4-5-6-7-8-9-10-11-12-13-14-15-16-32-17-19(34-21(31)23(27,28)29)18-33-20(30)22(24,25)26/h19H,2-18H2,1H3/t19-/m1/s1. The Morgan fingerprint density at radius 2 is 1.03 bits per heavy atom. The van der Waals surface area contributed by atoms with Crippen molar-refractivity contribution in [1.82, 2.24) is 0 Å². The molecule has 0 unspecified atom stereocenters. The van der Waals surface area contributed by atoms with Crippen LogP contribution in [0.5, 0.6) is 0 Å². The average Bonchev–Trinajstić information content (AvgIpc) is 2.75. The number of esters is 2. The van der Waals surface area contributed by atoms with E-state index in [0.29, 0.717) is 6.42 Å². The zero-order valence-corrected chi connectivity index (χ0v) is 19.9. The Morgan fingerprint density at radius 3 is 1.44 bits per heavy atom. The second-order valence-corrected chi connectivity index (χ2v) is 8.29. The Hall–Kier alpha value is -1.52. The summed E-state index contributed by atoms with van der Waals surface area (Å²) in [5.41, 5.74) is 0. The number of hydrogen-bond donors (Lipinski definition) is 0. The van der Waals surface area contributed by atoms with Gasteiger partial charge in [0, 0.05) is 6.61 Å². The van der Waals surface area contributed by atoms with E-state index in [4.69, 9.17) is 4.74 Å². The van der Waals surface area contributed by atoms with Gasteiger partial charge < -0.3 is 14.2 Å². The lowest BCUT2D eigenvalue weighted by molar-refractivity contribution is -0.216. The van der Waals surface area contributed by atoms with E-state index in [1.54, 1.807) is 0 Å². The minimum absolute atomic E-state index is 0.130. The first kappa shape index (κ1) is 32.5. The lowest BCUT2D eigenvalue weighted by Gasteiger charge is -2.19. The first-order valence-electron chi connectivity index (χ1n) is 12.1. The van der Waals surface area contributed by atoms with Crippen LogP contribution in [-0.2, 0) is 23.8 Å². The van der Waals surface area contributed by atoms with Crippen molar-refractivity contribution in [2.24, 2.45) is 0 Å². The smallest absolute Gasteiger partial charge is 0.455 e. The number of halogens is 6. The summed E-state index contributed by atoms with van der Waals surface area (Å²) in [6.07, 6.45) is 3.64. The van der Waals surface area contributed by atoms with E-state index < -0.39 is 43.6 Å². The van der Waals surface area contributed by atoms with Crippen LogP contribution in [0.3, 0.4) is 0 Å². The number of unbranched alkanes of at least 4 members (excludes halogenated alkanes) is 13. The maximum absolute atomic E-state index is 12.3. The lowest BCUT2D eigenvalue weighted by atomic mass is 10.0. The molecule has 0 aromatic carbocycles. The Kier molecular flexibility index (Phi) is 17.9. The second-order valence-electron chi connectivity index (χ2n) is 8.29. The van der Waals surface area contributed by atoms with Crippen LogP contribution in [0.1, 0.15) is 96.8 Å². The Labute approximate surface area is 197 Å². The molecule has 0 N–H and O–H groups in total. The number of ether oxygens (including phenoxy) is 3. The van der Waals surface area contributed by atoms with Gasteiger partial charge in [-0.2, -0.15) is 26.3 Å². The van der Waals surface area contributed by atoms with Crippen LogP contribution in [0.2, 0.25) is 0 Å². The zero-order valence-electron chi connectivity index (χ0n) is 19.9. The molecule has 0 radical (unpaired) electrons. The summed E-state index contributed by atoms with van der Waals surface area (Å²) in [7, 11) is 0. The predicted molar refractivity (Wildman–Crippen MR) is 114 cm³/mol. The van der Waals surface area contributed by atoms with Gasteiger partial charge in [0.15, 0.2) is 6.10 Å². The molecule has 0 aliphatic heterocycles. The van der Waals surface area contributed by atoms with E-state index in [1.165, 1.54) is 57.8 Å². The fourth-order valence-electron chi connectivity index (χ4n) is 3.20. The van der Waals surface area contributed by atoms with Crippen LogP contribution < -0.4 is 0 Å². The van der Waals surface area contributed by atoms with Gasteiger partial charge in [0.25, 0.3) is 0 Å². The van der Waals surface area contributed by atoms with Crippen LogP contribution in [0.4, 0.5) is 26.3 Å². The summed E-state index contributed by atoms with van der Waals surface area (Å²) in [4.78, 5) is 21.6. The molecule has 0 saturated heterocycles. The maximum atomic E-state index is 12.3. The molecule has 1 atom stereocenters. The largest absolute Gasteiger partial charge is 0.490 e. The first-order valence-corrected chi connectivity index (χ1v) is 12.1. The molecule has 0 bridgehead atoms. The topological polar surface area (TPSA) is 61.8 Å². The van der Waals surface area contributed by atoms with Gasteiger partial charge in [-0.3, -0.25) is 0 Å². The van der Waals surface area contributed by atoms with Crippen molar-refractivity contribution in [3.63, 3.8) is 0 Å². The van der Waals surface area contributed by atoms with E-state index in [1.807, 2.05) is 0 Å². The van der Waals surface area contributed by atoms with E-state index in [9.17, 15) is 35.9 Å². The summed E-state index contributed by atoms with van der Waals surface area (Å²) in [5.74, 6) is -5.19. The second kappa shape index (κ2) is 18.8. The molecule has 5 nitrogen and oxygen atoms in total. The molecular formula is C23H38F6O5.